The fourth-order valence-corrected chi connectivity index (χ4v) is 3.14. The Morgan fingerprint density at radius 2 is 2.21 bits per heavy atom. The van der Waals surface area contributed by atoms with Crippen LogP contribution in [0.2, 0.25) is 0 Å². The number of amides is 1. The van der Waals surface area contributed by atoms with Gasteiger partial charge >= 0.3 is 0 Å². The minimum atomic E-state index is -0.288. The number of halogens is 1. The van der Waals surface area contributed by atoms with Crippen LogP contribution in [0.25, 0.3) is 11.4 Å². The molecular weight excluding hydrogens is 305 g/mol. The fourth-order valence-electron chi connectivity index (χ4n) is 3.14. The minimum absolute atomic E-state index is 0.109. The highest BCUT2D eigenvalue weighted by Crippen LogP contribution is 2.27. The van der Waals surface area contributed by atoms with E-state index in [1.165, 1.54) is 12.1 Å². The van der Waals surface area contributed by atoms with Crippen LogP contribution in [0, 0.1) is 5.82 Å². The number of nitrogens with one attached hydrogen (secondary N) is 1. The lowest BCUT2D eigenvalue weighted by molar-refractivity contribution is 0.0933. The molecule has 1 atom stereocenters. The summed E-state index contributed by atoms with van der Waals surface area (Å²) in [6.07, 6.45) is 4.96. The lowest BCUT2D eigenvalue weighted by atomic mass is 10.1. The van der Waals surface area contributed by atoms with Crippen molar-refractivity contribution in [2.24, 2.45) is 0 Å². The quantitative estimate of drug-likeness (QED) is 0.923. The number of hydrogen-bond acceptors (Lipinski definition) is 2. The molecule has 0 saturated heterocycles. The van der Waals surface area contributed by atoms with Gasteiger partial charge in [-0.3, -0.25) is 4.79 Å². The monoisotopic (exact) mass is 329 g/mol. The number of aromatic nitrogens is 2. The molecule has 24 heavy (non-hydrogen) atoms. The summed E-state index contributed by atoms with van der Waals surface area (Å²) in [5.74, 6) is 0.280. The summed E-state index contributed by atoms with van der Waals surface area (Å²) in [6, 6.07) is 6.55. The highest BCUT2D eigenvalue weighted by Gasteiger charge is 2.24. The van der Waals surface area contributed by atoms with Gasteiger partial charge in [0.05, 0.1) is 5.69 Å². The summed E-state index contributed by atoms with van der Waals surface area (Å²) in [5.41, 5.74) is 2.20. The van der Waals surface area contributed by atoms with Crippen LogP contribution in [0.5, 0.6) is 0 Å². The number of hydrogen-bond donors (Lipinski definition) is 1. The first-order valence-electron chi connectivity index (χ1n) is 8.76. The van der Waals surface area contributed by atoms with Gasteiger partial charge in [-0.15, -0.1) is 0 Å². The summed E-state index contributed by atoms with van der Waals surface area (Å²) in [6.45, 7) is 4.85. The first kappa shape index (κ1) is 16.7. The molecule has 4 nitrogen and oxygen atoms in total. The molecule has 0 spiro atoms. The first-order valence-corrected chi connectivity index (χ1v) is 8.76. The number of nitrogens with zero attached hydrogens (tertiary/aromatic N) is 2. The standard InChI is InChI=1S/C19H24FN3O/c1-3-13(2)21-19(24)17-16-10-5-4-6-11-23(16)18(22-17)14-8-7-9-15(20)12-14/h7-9,12-13H,3-6,10-11H2,1-2H3,(H,21,24). The Labute approximate surface area is 142 Å². The average Bonchev–Trinajstić information content (AvgIpc) is 2.76. The molecular formula is C19H24FN3O. The van der Waals surface area contributed by atoms with Crippen molar-refractivity contribution in [3.05, 3.63) is 41.5 Å². The van der Waals surface area contributed by atoms with Gasteiger partial charge in [0.25, 0.3) is 5.91 Å². The van der Waals surface area contributed by atoms with Gasteiger partial charge < -0.3 is 9.88 Å². The molecule has 3 rings (SSSR count). The smallest absolute Gasteiger partial charge is 0.271 e. The van der Waals surface area contributed by atoms with Gasteiger partial charge in [0, 0.05) is 18.2 Å². The topological polar surface area (TPSA) is 46.9 Å². The number of rotatable bonds is 4. The van der Waals surface area contributed by atoms with Gasteiger partial charge in [-0.1, -0.05) is 25.5 Å². The molecule has 0 radical (unpaired) electrons. The van der Waals surface area contributed by atoms with E-state index in [0.29, 0.717) is 11.5 Å². The van der Waals surface area contributed by atoms with E-state index in [0.717, 1.165) is 49.9 Å². The molecule has 5 heteroatoms. The zero-order valence-electron chi connectivity index (χ0n) is 14.3. The second kappa shape index (κ2) is 7.16. The molecule has 1 unspecified atom stereocenters. The number of benzene rings is 1. The van der Waals surface area contributed by atoms with Crippen molar-refractivity contribution in [3.63, 3.8) is 0 Å². The Morgan fingerprint density at radius 1 is 1.38 bits per heavy atom. The molecule has 128 valence electrons. The van der Waals surface area contributed by atoms with E-state index < -0.39 is 0 Å². The molecule has 1 aromatic carbocycles. The van der Waals surface area contributed by atoms with Crippen LogP contribution in [0.15, 0.2) is 24.3 Å². The third kappa shape index (κ3) is 3.35. The molecule has 1 N–H and O–H groups in total. The predicted octanol–water partition coefficient (Wildman–Crippen LogP) is 3.94. The number of carbonyl (C=O) groups excluding carboxylic acids is 1. The second-order valence-corrected chi connectivity index (χ2v) is 6.49. The van der Waals surface area contributed by atoms with E-state index in [1.807, 2.05) is 19.9 Å². The summed E-state index contributed by atoms with van der Waals surface area (Å²) in [4.78, 5) is 17.3. The van der Waals surface area contributed by atoms with Crippen molar-refractivity contribution in [3.8, 4) is 11.4 Å². The molecule has 2 heterocycles. The molecule has 1 aromatic heterocycles. The highest BCUT2D eigenvalue weighted by atomic mass is 19.1. The van der Waals surface area contributed by atoms with E-state index in [1.54, 1.807) is 6.07 Å². The minimum Gasteiger partial charge on any atom is -0.348 e. The zero-order valence-corrected chi connectivity index (χ0v) is 14.3. The zero-order chi connectivity index (χ0) is 17.1. The van der Waals surface area contributed by atoms with Gasteiger partial charge in [0.15, 0.2) is 0 Å². The molecule has 0 aliphatic carbocycles. The largest absolute Gasteiger partial charge is 0.348 e. The number of imidazole rings is 1. The molecule has 2 aromatic rings. The molecule has 1 amide bonds. The lowest BCUT2D eigenvalue weighted by Gasteiger charge is -2.11. The fraction of sp³-hybridized carbons (Fsp3) is 0.474. The molecule has 0 fully saturated rings. The SMILES string of the molecule is CCC(C)NC(=O)c1nc(-c2cccc(F)c2)n2c1CCCCC2. The average molecular weight is 329 g/mol. The maximum atomic E-state index is 13.6. The van der Waals surface area contributed by atoms with Crippen LogP contribution < -0.4 is 5.32 Å². The van der Waals surface area contributed by atoms with Crippen LogP contribution in [-0.4, -0.2) is 21.5 Å². The molecule has 0 saturated carbocycles. The Bertz CT molecular complexity index is 738. The maximum Gasteiger partial charge on any atom is 0.271 e. The molecule has 1 aliphatic heterocycles. The Hall–Kier alpha value is -2.17. The van der Waals surface area contributed by atoms with Crippen molar-refractivity contribution < 1.29 is 9.18 Å². The van der Waals surface area contributed by atoms with Gasteiger partial charge in [-0.2, -0.15) is 0 Å². The van der Waals surface area contributed by atoms with Crippen molar-refractivity contribution in [1.82, 2.24) is 14.9 Å². The van der Waals surface area contributed by atoms with E-state index in [-0.39, 0.29) is 17.8 Å². The summed E-state index contributed by atoms with van der Waals surface area (Å²) >= 11 is 0. The van der Waals surface area contributed by atoms with Crippen LogP contribution in [0.1, 0.15) is 55.7 Å². The van der Waals surface area contributed by atoms with Gasteiger partial charge in [-0.25, -0.2) is 9.37 Å². The molecule has 0 bridgehead atoms. The Kier molecular flexibility index (Phi) is 4.97. The van der Waals surface area contributed by atoms with Crippen LogP contribution in [0.4, 0.5) is 4.39 Å². The maximum absolute atomic E-state index is 13.6. The van der Waals surface area contributed by atoms with E-state index in [2.05, 4.69) is 14.9 Å². The van der Waals surface area contributed by atoms with Crippen molar-refractivity contribution in [2.45, 2.75) is 58.5 Å². The van der Waals surface area contributed by atoms with Crippen molar-refractivity contribution in [2.75, 3.05) is 0 Å². The van der Waals surface area contributed by atoms with E-state index in [4.69, 9.17) is 0 Å². The molecule has 1 aliphatic rings. The Morgan fingerprint density at radius 3 is 2.96 bits per heavy atom. The summed E-state index contributed by atoms with van der Waals surface area (Å²) < 4.78 is 15.7. The third-order valence-electron chi connectivity index (χ3n) is 4.66. The van der Waals surface area contributed by atoms with Gasteiger partial charge in [-0.05, 0) is 44.7 Å². The highest BCUT2D eigenvalue weighted by molar-refractivity contribution is 5.94. The van der Waals surface area contributed by atoms with Crippen molar-refractivity contribution >= 4 is 5.91 Å². The van der Waals surface area contributed by atoms with Crippen LogP contribution >= 0.6 is 0 Å². The lowest BCUT2D eigenvalue weighted by Crippen LogP contribution is -2.32. The van der Waals surface area contributed by atoms with E-state index in [9.17, 15) is 9.18 Å². The number of carbonyl (C=O) groups is 1. The van der Waals surface area contributed by atoms with E-state index >= 15 is 0 Å². The normalized spacial score (nSPS) is 15.5. The summed E-state index contributed by atoms with van der Waals surface area (Å²) in [7, 11) is 0. The summed E-state index contributed by atoms with van der Waals surface area (Å²) in [5, 5.41) is 3.00. The van der Waals surface area contributed by atoms with Gasteiger partial charge in [0.2, 0.25) is 0 Å². The van der Waals surface area contributed by atoms with Crippen LogP contribution in [-0.2, 0) is 13.0 Å². The number of fused-ring (bicyclic) bond motifs is 1. The third-order valence-corrected chi connectivity index (χ3v) is 4.66. The first-order chi connectivity index (χ1) is 11.6. The predicted molar refractivity (Wildman–Crippen MR) is 92.4 cm³/mol. The Balaban J connectivity index is 2.05. The van der Waals surface area contributed by atoms with Crippen molar-refractivity contribution in [1.29, 1.82) is 0 Å². The van der Waals surface area contributed by atoms with Crippen LogP contribution in [0.3, 0.4) is 0 Å². The second-order valence-electron chi connectivity index (χ2n) is 6.49. The van der Waals surface area contributed by atoms with Gasteiger partial charge in [0.1, 0.15) is 17.3 Å².